The predicted octanol–water partition coefficient (Wildman–Crippen LogP) is 4.12. The van der Waals surface area contributed by atoms with E-state index in [1.165, 1.54) is 23.9 Å². The van der Waals surface area contributed by atoms with Crippen LogP contribution in [0.1, 0.15) is 32.6 Å². The zero-order valence-electron chi connectivity index (χ0n) is 18.0. The second kappa shape index (κ2) is 13.7. The molecular formula is C23H29F3N4OS. The molecule has 0 aromatic rings. The molecule has 0 aromatic heterocycles. The number of halogens is 3. The van der Waals surface area contributed by atoms with E-state index in [0.717, 1.165) is 29.9 Å². The molecule has 0 spiro atoms. The van der Waals surface area contributed by atoms with Crippen molar-refractivity contribution in [1.29, 1.82) is 0 Å². The maximum atomic E-state index is 14.1. The minimum absolute atomic E-state index is 0.0798. The van der Waals surface area contributed by atoms with E-state index in [0.29, 0.717) is 23.7 Å². The van der Waals surface area contributed by atoms with E-state index in [9.17, 15) is 18.0 Å². The second-order valence-corrected chi connectivity index (χ2v) is 8.45. The Labute approximate surface area is 191 Å². The summed E-state index contributed by atoms with van der Waals surface area (Å²) in [5.74, 6) is -1.55. The lowest BCUT2D eigenvalue weighted by Gasteiger charge is -2.32. The van der Waals surface area contributed by atoms with Gasteiger partial charge in [0.2, 0.25) is 5.91 Å². The summed E-state index contributed by atoms with van der Waals surface area (Å²) in [5.41, 5.74) is 12.5. The Balaban J connectivity index is 0.00000249. The molecule has 0 fully saturated rings. The molecule has 1 aliphatic heterocycles. The van der Waals surface area contributed by atoms with Gasteiger partial charge in [-0.15, -0.1) is 12.8 Å². The summed E-state index contributed by atoms with van der Waals surface area (Å²) in [4.78, 5) is 16.4. The first-order valence-electron chi connectivity index (χ1n) is 9.94. The molecule has 2 aliphatic rings. The van der Waals surface area contributed by atoms with Crippen molar-refractivity contribution in [3.8, 4) is 12.8 Å². The Morgan fingerprint density at radius 2 is 2.06 bits per heavy atom. The number of nitrogens with one attached hydrogen (secondary N) is 1. The molecule has 174 valence electrons. The number of hydrogen-bond donors (Lipinski definition) is 3. The van der Waals surface area contributed by atoms with E-state index in [1.54, 1.807) is 6.08 Å². The van der Waals surface area contributed by atoms with Crippen molar-refractivity contribution in [2.24, 2.45) is 16.5 Å². The summed E-state index contributed by atoms with van der Waals surface area (Å²) < 4.78 is 40.7. The second-order valence-electron chi connectivity index (χ2n) is 7.34. The molecular weight excluding hydrogens is 437 g/mol. The summed E-state index contributed by atoms with van der Waals surface area (Å²) in [6, 6.07) is 0. The molecule has 32 heavy (non-hydrogen) atoms. The molecule has 1 aliphatic carbocycles. The van der Waals surface area contributed by atoms with Crippen molar-refractivity contribution in [3.05, 3.63) is 59.0 Å². The van der Waals surface area contributed by atoms with Crippen LogP contribution in [0.25, 0.3) is 0 Å². The zero-order valence-corrected chi connectivity index (χ0v) is 18.9. The Kier molecular flexibility index (Phi) is 11.7. The fourth-order valence-electron chi connectivity index (χ4n) is 3.15. The van der Waals surface area contributed by atoms with Gasteiger partial charge in [0.25, 0.3) is 0 Å². The summed E-state index contributed by atoms with van der Waals surface area (Å²) in [6.45, 7) is 1.92. The maximum absolute atomic E-state index is 14.1. The highest BCUT2D eigenvalue weighted by Gasteiger charge is 2.31. The van der Waals surface area contributed by atoms with Crippen LogP contribution in [0.3, 0.4) is 0 Å². The fraction of sp³-hybridized carbons (Fsp3) is 0.391. The van der Waals surface area contributed by atoms with Crippen LogP contribution in [-0.2, 0) is 4.79 Å². The van der Waals surface area contributed by atoms with Gasteiger partial charge in [0, 0.05) is 24.8 Å². The highest BCUT2D eigenvalue weighted by Crippen LogP contribution is 2.30. The molecule has 0 radical (unpaired) electrons. The topological polar surface area (TPSA) is 93.5 Å². The largest absolute Gasteiger partial charge is 0.379 e. The molecule has 0 bridgehead atoms. The third kappa shape index (κ3) is 9.62. The number of nitrogens with zero attached hydrogens (tertiary/aromatic N) is 1. The quantitative estimate of drug-likeness (QED) is 0.371. The van der Waals surface area contributed by atoms with Crippen molar-refractivity contribution in [2.45, 2.75) is 38.1 Å². The smallest absolute Gasteiger partial charge is 0.224 e. The number of carbonyl (C=O) groups excluding carboxylic acids is 1. The van der Waals surface area contributed by atoms with Gasteiger partial charge >= 0.3 is 0 Å². The van der Waals surface area contributed by atoms with E-state index >= 15 is 0 Å². The number of thioether (sulfide) groups is 1. The number of carbonyl (C=O) groups is 1. The van der Waals surface area contributed by atoms with Gasteiger partial charge in [0.1, 0.15) is 17.5 Å². The summed E-state index contributed by atoms with van der Waals surface area (Å²) in [7, 11) is 0. The minimum Gasteiger partial charge on any atom is -0.379 e. The number of rotatable bonds is 8. The monoisotopic (exact) mass is 466 g/mol. The fourth-order valence-corrected chi connectivity index (χ4v) is 4.10. The average Bonchev–Trinajstić information content (AvgIpc) is 2.91. The van der Waals surface area contributed by atoms with Gasteiger partial charge in [-0.1, -0.05) is 29.5 Å². The van der Waals surface area contributed by atoms with Gasteiger partial charge in [-0.3, -0.25) is 9.79 Å². The van der Waals surface area contributed by atoms with Gasteiger partial charge in [-0.2, -0.15) is 0 Å². The highest BCUT2D eigenvalue weighted by molar-refractivity contribution is 8.13. The SMILES string of the molecule is C#C.C/C(=C\C=C(\F)CNC(=O)CC1=CCC(F)=CC(F)=C1)CC1(CN)CCSC(N)=N1. The number of allylic oxidation sites excluding steroid dienone is 7. The predicted molar refractivity (Wildman–Crippen MR) is 127 cm³/mol. The lowest BCUT2D eigenvalue weighted by molar-refractivity contribution is -0.120. The normalized spacial score (nSPS) is 21.7. The molecule has 0 aromatic carbocycles. The molecule has 2 rings (SSSR count). The standard InChI is InChI=1S/C21H27F3N4OS.C2H2/c1-14(11-21(13-25)6-7-30-20(26)28-21)2-4-17(23)12-27-19(29)9-15-3-5-16(22)10-18(24)8-15;1-2/h2-4,8,10H,5-7,9,11-13,25H2,1H3,(H2,26,28)(H,27,29);1-2H/b14-2+,17-4+;. The molecule has 9 heteroatoms. The number of amidine groups is 1. The van der Waals surface area contributed by atoms with Crippen LogP contribution in [0, 0.1) is 12.8 Å². The summed E-state index contributed by atoms with van der Waals surface area (Å²) >= 11 is 1.49. The van der Waals surface area contributed by atoms with Crippen molar-refractivity contribution in [2.75, 3.05) is 18.8 Å². The van der Waals surface area contributed by atoms with E-state index in [4.69, 9.17) is 11.5 Å². The van der Waals surface area contributed by atoms with Crippen LogP contribution in [0.15, 0.2) is 64.0 Å². The lowest BCUT2D eigenvalue weighted by atomic mass is 9.89. The Morgan fingerprint density at radius 1 is 1.34 bits per heavy atom. The van der Waals surface area contributed by atoms with E-state index in [2.05, 4.69) is 23.2 Å². The first-order chi connectivity index (χ1) is 15.2. The number of hydrogen-bond acceptors (Lipinski definition) is 5. The van der Waals surface area contributed by atoms with Crippen LogP contribution in [0.4, 0.5) is 13.2 Å². The van der Waals surface area contributed by atoms with E-state index in [1.807, 2.05) is 6.92 Å². The van der Waals surface area contributed by atoms with Gasteiger partial charge in [-0.25, -0.2) is 13.2 Å². The first kappa shape index (κ1) is 27.3. The van der Waals surface area contributed by atoms with E-state index in [-0.39, 0.29) is 19.4 Å². The maximum Gasteiger partial charge on any atom is 0.224 e. The summed E-state index contributed by atoms with van der Waals surface area (Å²) in [6.07, 6.45) is 15.3. The third-order valence-corrected chi connectivity index (χ3v) is 5.49. The van der Waals surface area contributed by atoms with Crippen LogP contribution >= 0.6 is 11.8 Å². The van der Waals surface area contributed by atoms with Crippen molar-refractivity contribution in [1.82, 2.24) is 5.32 Å². The first-order valence-corrected chi connectivity index (χ1v) is 10.9. The van der Waals surface area contributed by atoms with Gasteiger partial charge in [0.05, 0.1) is 18.5 Å². The Bertz CT molecular complexity index is 887. The van der Waals surface area contributed by atoms with Crippen LogP contribution < -0.4 is 16.8 Å². The zero-order chi connectivity index (χ0) is 24.1. The van der Waals surface area contributed by atoms with Crippen molar-refractivity contribution >= 4 is 22.8 Å². The summed E-state index contributed by atoms with van der Waals surface area (Å²) in [5, 5.41) is 2.94. The number of aliphatic imine (C=N–C) groups is 1. The molecule has 5 N–H and O–H groups in total. The highest BCUT2D eigenvalue weighted by atomic mass is 32.2. The molecule has 0 saturated carbocycles. The number of nitrogens with two attached hydrogens (primary N) is 2. The Hall–Kier alpha value is -2.70. The lowest BCUT2D eigenvalue weighted by Crippen LogP contribution is -2.41. The third-order valence-electron chi connectivity index (χ3n) is 4.70. The van der Waals surface area contributed by atoms with Crippen LogP contribution in [-0.4, -0.2) is 35.5 Å². The van der Waals surface area contributed by atoms with Crippen molar-refractivity contribution < 1.29 is 18.0 Å². The molecule has 0 saturated heterocycles. The molecule has 1 atom stereocenters. The van der Waals surface area contributed by atoms with Crippen LogP contribution in [0.2, 0.25) is 0 Å². The van der Waals surface area contributed by atoms with Gasteiger partial charge < -0.3 is 16.8 Å². The molecule has 1 amide bonds. The minimum atomic E-state index is -0.756. The van der Waals surface area contributed by atoms with Gasteiger partial charge in [-0.05, 0) is 37.5 Å². The van der Waals surface area contributed by atoms with Crippen molar-refractivity contribution in [3.63, 3.8) is 0 Å². The van der Waals surface area contributed by atoms with E-state index < -0.39 is 28.9 Å². The van der Waals surface area contributed by atoms with Crippen LogP contribution in [0.5, 0.6) is 0 Å². The molecule has 5 nitrogen and oxygen atoms in total. The molecule has 1 unspecified atom stereocenters. The average molecular weight is 467 g/mol. The Morgan fingerprint density at radius 3 is 2.72 bits per heavy atom. The molecule has 1 heterocycles. The van der Waals surface area contributed by atoms with Gasteiger partial charge in [0.15, 0.2) is 5.17 Å². The number of terminal acetylenes is 1. The number of amides is 1.